The molecule has 2 saturated heterocycles. The highest BCUT2D eigenvalue weighted by Gasteiger charge is 2.55. The second-order valence-corrected chi connectivity index (χ2v) is 12.5. The molecule has 2 saturated carbocycles. The van der Waals surface area contributed by atoms with Gasteiger partial charge in [0.1, 0.15) is 0 Å². The summed E-state index contributed by atoms with van der Waals surface area (Å²) in [6.45, 7) is 2.26. The Morgan fingerprint density at radius 2 is 1.55 bits per heavy atom. The van der Waals surface area contributed by atoms with Gasteiger partial charge in [0.25, 0.3) is 5.91 Å². The molecule has 7 nitrogen and oxygen atoms in total. The lowest BCUT2D eigenvalue weighted by Gasteiger charge is -2.47. The van der Waals surface area contributed by atoms with Crippen molar-refractivity contribution in [2.24, 2.45) is 17.1 Å². The van der Waals surface area contributed by atoms with E-state index in [9.17, 15) is 9.59 Å². The van der Waals surface area contributed by atoms with Gasteiger partial charge in [0.2, 0.25) is 5.91 Å². The van der Waals surface area contributed by atoms with Gasteiger partial charge in [-0.05, 0) is 75.0 Å². The molecule has 38 heavy (non-hydrogen) atoms. The first-order valence-electron chi connectivity index (χ1n) is 15.2. The number of hydrogen-bond acceptors (Lipinski definition) is 5. The van der Waals surface area contributed by atoms with E-state index < -0.39 is 5.54 Å². The largest absolute Gasteiger partial charge is 0.338 e. The van der Waals surface area contributed by atoms with Crippen molar-refractivity contribution >= 4 is 11.8 Å². The van der Waals surface area contributed by atoms with Gasteiger partial charge in [-0.2, -0.15) is 0 Å². The Labute approximate surface area is 227 Å². The number of carbonyl (C=O) groups excluding carboxylic acids is 2. The molecule has 4 unspecified atom stereocenters. The lowest BCUT2D eigenvalue weighted by molar-refractivity contribution is -0.141. The maximum Gasteiger partial charge on any atom is 0.253 e. The van der Waals surface area contributed by atoms with Crippen molar-refractivity contribution in [3.8, 4) is 0 Å². The molecule has 6 rings (SSSR count). The molecule has 4 N–H and O–H groups in total. The van der Waals surface area contributed by atoms with E-state index in [1.165, 1.54) is 63.4 Å². The zero-order valence-corrected chi connectivity index (χ0v) is 22.8. The number of benzene rings is 1. The normalized spacial score (nSPS) is 34.0. The lowest BCUT2D eigenvalue weighted by atomic mass is 9.57. The van der Waals surface area contributed by atoms with Crippen molar-refractivity contribution < 1.29 is 9.59 Å². The van der Waals surface area contributed by atoms with Crippen molar-refractivity contribution in [1.82, 2.24) is 20.7 Å². The van der Waals surface area contributed by atoms with E-state index in [-0.39, 0.29) is 23.3 Å². The molecule has 1 aromatic carbocycles. The number of rotatable bonds is 4. The van der Waals surface area contributed by atoms with Crippen molar-refractivity contribution in [3.63, 3.8) is 0 Å². The van der Waals surface area contributed by atoms with Crippen LogP contribution in [-0.2, 0) is 4.79 Å². The zero-order chi connectivity index (χ0) is 26.2. The summed E-state index contributed by atoms with van der Waals surface area (Å²) in [6.07, 6.45) is 19.1. The summed E-state index contributed by atoms with van der Waals surface area (Å²) in [6, 6.07) is 9.11. The molecule has 0 bridgehead atoms. The summed E-state index contributed by atoms with van der Waals surface area (Å²) >= 11 is 0. The molecule has 2 amide bonds. The van der Waals surface area contributed by atoms with Gasteiger partial charge < -0.3 is 15.5 Å². The molecule has 2 heterocycles. The smallest absolute Gasteiger partial charge is 0.253 e. The topological polar surface area (TPSA) is 90.7 Å². The molecule has 0 aromatic heterocycles. The summed E-state index contributed by atoms with van der Waals surface area (Å²) < 4.78 is 0. The third-order valence-corrected chi connectivity index (χ3v) is 10.4. The summed E-state index contributed by atoms with van der Waals surface area (Å²) in [5.74, 6) is 0.695. The number of nitrogens with one attached hydrogen (secondary N) is 2. The summed E-state index contributed by atoms with van der Waals surface area (Å²) in [7, 11) is 0. The molecule has 7 heteroatoms. The first-order valence-corrected chi connectivity index (χ1v) is 15.2. The Morgan fingerprint density at radius 1 is 0.816 bits per heavy atom. The second kappa shape index (κ2) is 10.7. The van der Waals surface area contributed by atoms with Gasteiger partial charge in [-0.3, -0.25) is 15.0 Å². The van der Waals surface area contributed by atoms with Crippen molar-refractivity contribution in [3.05, 3.63) is 47.5 Å². The fraction of sp³-hybridized carbons (Fsp3) is 0.677. The fourth-order valence-electron chi connectivity index (χ4n) is 7.95. The van der Waals surface area contributed by atoms with Gasteiger partial charge in [0.15, 0.2) is 0 Å². The van der Waals surface area contributed by atoms with Gasteiger partial charge in [0.05, 0.1) is 11.6 Å². The molecule has 4 atom stereocenters. The number of hydrogen-bond donors (Lipinski definition) is 3. The summed E-state index contributed by atoms with van der Waals surface area (Å²) in [5.41, 5.74) is 15.2. The Hall–Kier alpha value is -2.22. The average Bonchev–Trinajstić information content (AvgIpc) is 3.31. The molecule has 0 radical (unpaired) electrons. The third kappa shape index (κ3) is 4.61. The van der Waals surface area contributed by atoms with Gasteiger partial charge in [0, 0.05) is 43.2 Å². The highest BCUT2D eigenvalue weighted by molar-refractivity contribution is 5.94. The molecule has 5 aliphatic rings. The van der Waals surface area contributed by atoms with E-state index >= 15 is 0 Å². The van der Waals surface area contributed by atoms with Crippen LogP contribution in [0.25, 0.3) is 0 Å². The van der Waals surface area contributed by atoms with E-state index in [4.69, 9.17) is 5.73 Å². The summed E-state index contributed by atoms with van der Waals surface area (Å²) in [5, 5.41) is 0. The van der Waals surface area contributed by atoms with Crippen LogP contribution in [0.3, 0.4) is 0 Å². The van der Waals surface area contributed by atoms with E-state index in [1.807, 2.05) is 21.9 Å². The highest BCUT2D eigenvalue weighted by Crippen LogP contribution is 2.55. The first-order chi connectivity index (χ1) is 18.5. The molecule has 206 valence electrons. The van der Waals surface area contributed by atoms with Gasteiger partial charge in [-0.15, -0.1) is 0 Å². The van der Waals surface area contributed by atoms with Crippen molar-refractivity contribution in [1.29, 1.82) is 0 Å². The highest BCUT2D eigenvalue weighted by atomic mass is 16.2. The number of nitrogens with two attached hydrogens (primary N) is 1. The van der Waals surface area contributed by atoms with E-state index in [1.54, 1.807) is 0 Å². The zero-order valence-electron chi connectivity index (χ0n) is 22.8. The Balaban J connectivity index is 1.15. The Kier molecular flexibility index (Phi) is 7.36. The number of carbonyl (C=O) groups is 2. The van der Waals surface area contributed by atoms with Crippen LogP contribution in [-0.4, -0.2) is 59.4 Å². The summed E-state index contributed by atoms with van der Waals surface area (Å²) in [4.78, 5) is 29.9. The number of fused-ring (bicyclic) bond motifs is 1. The van der Waals surface area contributed by atoms with Crippen LogP contribution in [0.2, 0.25) is 0 Å². The second-order valence-electron chi connectivity index (χ2n) is 12.5. The van der Waals surface area contributed by atoms with Gasteiger partial charge in [-0.25, -0.2) is 5.43 Å². The van der Waals surface area contributed by atoms with Gasteiger partial charge in [-0.1, -0.05) is 50.0 Å². The SMILES string of the molecule is NC1(C(=O)N2CCN(C(=O)c3ccc(C4NNC5CCCCC54C4/C=C\CCCCC4)cc3)CC2)CCC1. The van der Waals surface area contributed by atoms with Crippen LogP contribution in [0.4, 0.5) is 0 Å². The van der Waals surface area contributed by atoms with Crippen molar-refractivity contribution in [2.75, 3.05) is 26.2 Å². The quantitative estimate of drug-likeness (QED) is 0.522. The minimum absolute atomic E-state index is 0.0560. The molecule has 1 aromatic rings. The molecule has 3 aliphatic carbocycles. The Bertz CT molecular complexity index is 1040. The van der Waals surface area contributed by atoms with Crippen LogP contribution < -0.4 is 16.6 Å². The standard InChI is InChI=1S/C31H45N5O2/c32-30(16-8-17-30)29(38)36-21-19-35(20-22-36)28(37)24-14-12-23(13-15-24)27-31(18-7-6-11-26(31)33-34-27)25-9-4-2-1-3-5-10-25/h4,9,12-15,25-27,33-34H,1-3,5-8,10-11,16-22,32H2/b9-4-. The number of nitrogens with zero attached hydrogens (tertiary/aromatic N) is 2. The minimum Gasteiger partial charge on any atom is -0.338 e. The average molecular weight is 520 g/mol. The number of allylic oxidation sites excluding steroid dienone is 2. The molecular formula is C31H45N5O2. The van der Waals surface area contributed by atoms with E-state index in [2.05, 4.69) is 35.1 Å². The first kappa shape index (κ1) is 26.0. The van der Waals surface area contributed by atoms with Crippen LogP contribution in [0, 0.1) is 11.3 Å². The van der Waals surface area contributed by atoms with Crippen molar-refractivity contribution in [2.45, 2.75) is 94.7 Å². The number of piperazine rings is 1. The van der Waals surface area contributed by atoms with E-state index in [0.29, 0.717) is 38.1 Å². The maximum atomic E-state index is 13.3. The van der Waals surface area contributed by atoms with Crippen LogP contribution in [0.15, 0.2) is 36.4 Å². The predicted molar refractivity (Wildman–Crippen MR) is 149 cm³/mol. The van der Waals surface area contributed by atoms with Crippen LogP contribution >= 0.6 is 0 Å². The van der Waals surface area contributed by atoms with Crippen LogP contribution in [0.5, 0.6) is 0 Å². The van der Waals surface area contributed by atoms with Crippen LogP contribution in [0.1, 0.15) is 99.0 Å². The fourth-order valence-corrected chi connectivity index (χ4v) is 7.95. The molecule has 4 fully saturated rings. The monoisotopic (exact) mass is 519 g/mol. The predicted octanol–water partition coefficient (Wildman–Crippen LogP) is 4.07. The molecular weight excluding hydrogens is 474 g/mol. The Morgan fingerprint density at radius 3 is 2.29 bits per heavy atom. The van der Waals surface area contributed by atoms with E-state index in [0.717, 1.165) is 24.8 Å². The molecule has 0 spiro atoms. The number of hydrazine groups is 1. The third-order valence-electron chi connectivity index (χ3n) is 10.4. The maximum absolute atomic E-state index is 13.3. The number of amides is 2. The lowest BCUT2D eigenvalue weighted by Crippen LogP contribution is -2.62. The minimum atomic E-state index is -0.661. The molecule has 2 aliphatic heterocycles. The van der Waals surface area contributed by atoms with Gasteiger partial charge >= 0.3 is 0 Å².